The molecule has 4 heteroatoms. The number of benzene rings is 2. The molecule has 94 valence electrons. The molecule has 0 heterocycles. The van der Waals surface area contributed by atoms with E-state index in [9.17, 15) is 4.39 Å². The van der Waals surface area contributed by atoms with Crippen molar-refractivity contribution in [2.24, 2.45) is 5.73 Å². The van der Waals surface area contributed by atoms with Crippen LogP contribution in [0.3, 0.4) is 0 Å². The molecule has 0 saturated carbocycles. The first-order valence-electron chi connectivity index (χ1n) is 5.54. The second kappa shape index (κ2) is 5.50. The standard InChI is InChI=1S/C14H13BrFNO/c1-9(17)10-2-5-12(6-3-10)18-14-7-4-11(16)8-13(14)15/h2-9H,17H2,1H3/t9-/m0/s1. The highest BCUT2D eigenvalue weighted by atomic mass is 79.9. The maximum atomic E-state index is 12.9. The Morgan fingerprint density at radius 2 is 1.83 bits per heavy atom. The normalized spacial score (nSPS) is 12.2. The molecule has 2 N–H and O–H groups in total. The second-order valence-electron chi connectivity index (χ2n) is 4.03. The van der Waals surface area contributed by atoms with Gasteiger partial charge in [0.25, 0.3) is 0 Å². The summed E-state index contributed by atoms with van der Waals surface area (Å²) in [4.78, 5) is 0. The van der Waals surface area contributed by atoms with Crippen molar-refractivity contribution < 1.29 is 9.13 Å². The van der Waals surface area contributed by atoms with Crippen LogP contribution in [0.5, 0.6) is 11.5 Å². The zero-order valence-electron chi connectivity index (χ0n) is 9.86. The molecule has 0 aliphatic rings. The van der Waals surface area contributed by atoms with Gasteiger partial charge in [0.15, 0.2) is 0 Å². The number of halogens is 2. The smallest absolute Gasteiger partial charge is 0.141 e. The third kappa shape index (κ3) is 3.09. The fourth-order valence-electron chi connectivity index (χ4n) is 1.52. The molecule has 0 radical (unpaired) electrons. The van der Waals surface area contributed by atoms with E-state index in [-0.39, 0.29) is 11.9 Å². The van der Waals surface area contributed by atoms with Gasteiger partial charge in [-0.3, -0.25) is 0 Å². The Bertz CT molecular complexity index is 540. The van der Waals surface area contributed by atoms with Crippen LogP contribution in [0.25, 0.3) is 0 Å². The van der Waals surface area contributed by atoms with E-state index in [2.05, 4.69) is 15.9 Å². The minimum absolute atomic E-state index is 0.00314. The van der Waals surface area contributed by atoms with E-state index in [4.69, 9.17) is 10.5 Å². The van der Waals surface area contributed by atoms with E-state index in [0.29, 0.717) is 16.0 Å². The minimum atomic E-state index is -0.304. The van der Waals surface area contributed by atoms with E-state index in [1.54, 1.807) is 6.07 Å². The predicted molar refractivity (Wildman–Crippen MR) is 73.2 cm³/mol. The van der Waals surface area contributed by atoms with Gasteiger partial charge in [-0.1, -0.05) is 12.1 Å². The van der Waals surface area contributed by atoms with Crippen LogP contribution in [0.15, 0.2) is 46.9 Å². The van der Waals surface area contributed by atoms with Gasteiger partial charge >= 0.3 is 0 Å². The van der Waals surface area contributed by atoms with Crippen LogP contribution in [0.4, 0.5) is 4.39 Å². The van der Waals surface area contributed by atoms with Gasteiger partial charge in [-0.05, 0) is 58.7 Å². The maximum Gasteiger partial charge on any atom is 0.141 e. The van der Waals surface area contributed by atoms with Gasteiger partial charge in [0.1, 0.15) is 17.3 Å². The van der Waals surface area contributed by atoms with Crippen LogP contribution in [0.2, 0.25) is 0 Å². The van der Waals surface area contributed by atoms with Crippen molar-refractivity contribution >= 4 is 15.9 Å². The van der Waals surface area contributed by atoms with E-state index in [1.165, 1.54) is 12.1 Å². The summed E-state index contributed by atoms with van der Waals surface area (Å²) in [5.74, 6) is 0.957. The number of nitrogens with two attached hydrogens (primary N) is 1. The summed E-state index contributed by atoms with van der Waals surface area (Å²) in [5, 5.41) is 0. The molecule has 0 aliphatic carbocycles. The Labute approximate surface area is 114 Å². The molecule has 2 aromatic rings. The molecule has 0 unspecified atom stereocenters. The predicted octanol–water partition coefficient (Wildman–Crippen LogP) is 4.40. The van der Waals surface area contributed by atoms with Crippen molar-refractivity contribution in [3.8, 4) is 11.5 Å². The third-order valence-corrected chi connectivity index (χ3v) is 3.15. The van der Waals surface area contributed by atoms with E-state index >= 15 is 0 Å². The lowest BCUT2D eigenvalue weighted by molar-refractivity contribution is 0.477. The molecule has 0 fully saturated rings. The van der Waals surface area contributed by atoms with E-state index < -0.39 is 0 Å². The molecule has 0 aromatic heterocycles. The van der Waals surface area contributed by atoms with Gasteiger partial charge in [-0.15, -0.1) is 0 Å². The Balaban J connectivity index is 2.18. The lowest BCUT2D eigenvalue weighted by atomic mass is 10.1. The van der Waals surface area contributed by atoms with Crippen LogP contribution in [-0.4, -0.2) is 0 Å². The Kier molecular flexibility index (Phi) is 3.99. The molecule has 2 rings (SSSR count). The Hall–Kier alpha value is -1.39. The lowest BCUT2D eigenvalue weighted by Gasteiger charge is -2.09. The van der Waals surface area contributed by atoms with Gasteiger partial charge in [-0.2, -0.15) is 0 Å². The van der Waals surface area contributed by atoms with Crippen LogP contribution >= 0.6 is 15.9 Å². The van der Waals surface area contributed by atoms with Crippen LogP contribution in [0.1, 0.15) is 18.5 Å². The SMILES string of the molecule is C[C@H](N)c1ccc(Oc2ccc(F)cc2Br)cc1. The van der Waals surface area contributed by atoms with Gasteiger partial charge in [0.2, 0.25) is 0 Å². The summed E-state index contributed by atoms with van der Waals surface area (Å²) < 4.78 is 19.2. The van der Waals surface area contributed by atoms with Crippen LogP contribution < -0.4 is 10.5 Å². The molecule has 2 aromatic carbocycles. The Morgan fingerprint density at radius 1 is 1.17 bits per heavy atom. The molecule has 0 aliphatic heterocycles. The van der Waals surface area contributed by atoms with Gasteiger partial charge < -0.3 is 10.5 Å². The molecular formula is C14H13BrFNO. The van der Waals surface area contributed by atoms with Crippen molar-refractivity contribution in [3.05, 3.63) is 58.3 Å². The lowest BCUT2D eigenvalue weighted by Crippen LogP contribution is -2.04. The molecule has 0 amide bonds. The van der Waals surface area contributed by atoms with Crippen molar-refractivity contribution in [1.82, 2.24) is 0 Å². The van der Waals surface area contributed by atoms with Crippen LogP contribution in [0, 0.1) is 5.82 Å². The average molecular weight is 310 g/mol. The summed E-state index contributed by atoms with van der Waals surface area (Å²) in [6.45, 7) is 1.92. The summed E-state index contributed by atoms with van der Waals surface area (Å²) >= 11 is 3.26. The molecule has 18 heavy (non-hydrogen) atoms. The molecule has 0 spiro atoms. The van der Waals surface area contributed by atoms with Crippen molar-refractivity contribution in [2.45, 2.75) is 13.0 Å². The maximum absolute atomic E-state index is 12.9. The van der Waals surface area contributed by atoms with Gasteiger partial charge in [-0.25, -0.2) is 4.39 Å². The third-order valence-electron chi connectivity index (χ3n) is 2.53. The first-order valence-corrected chi connectivity index (χ1v) is 6.34. The molecule has 0 bridgehead atoms. The van der Waals surface area contributed by atoms with Crippen molar-refractivity contribution in [1.29, 1.82) is 0 Å². The number of hydrogen-bond acceptors (Lipinski definition) is 2. The fourth-order valence-corrected chi connectivity index (χ4v) is 1.96. The van der Waals surface area contributed by atoms with Crippen molar-refractivity contribution in [2.75, 3.05) is 0 Å². The molecule has 0 saturated heterocycles. The molecular weight excluding hydrogens is 297 g/mol. The van der Waals surface area contributed by atoms with Crippen molar-refractivity contribution in [3.63, 3.8) is 0 Å². The number of rotatable bonds is 3. The van der Waals surface area contributed by atoms with Gasteiger partial charge in [0.05, 0.1) is 4.47 Å². The van der Waals surface area contributed by atoms with E-state index in [0.717, 1.165) is 5.56 Å². The zero-order valence-corrected chi connectivity index (χ0v) is 11.4. The number of hydrogen-bond donors (Lipinski definition) is 1. The van der Waals surface area contributed by atoms with E-state index in [1.807, 2.05) is 31.2 Å². The zero-order chi connectivity index (χ0) is 13.1. The quantitative estimate of drug-likeness (QED) is 0.912. The van der Waals surface area contributed by atoms with Gasteiger partial charge in [0, 0.05) is 6.04 Å². The average Bonchev–Trinajstić information content (AvgIpc) is 2.33. The largest absolute Gasteiger partial charge is 0.456 e. The van der Waals surface area contributed by atoms with Crippen LogP contribution in [-0.2, 0) is 0 Å². The topological polar surface area (TPSA) is 35.2 Å². The highest BCUT2D eigenvalue weighted by molar-refractivity contribution is 9.10. The molecule has 1 atom stereocenters. The highest BCUT2D eigenvalue weighted by Gasteiger charge is 2.05. The number of ether oxygens (including phenoxy) is 1. The fraction of sp³-hybridized carbons (Fsp3) is 0.143. The highest BCUT2D eigenvalue weighted by Crippen LogP contribution is 2.30. The second-order valence-corrected chi connectivity index (χ2v) is 4.89. The first kappa shape index (κ1) is 13.1. The molecule has 2 nitrogen and oxygen atoms in total. The Morgan fingerprint density at radius 3 is 2.39 bits per heavy atom. The summed E-state index contributed by atoms with van der Waals surface area (Å²) in [7, 11) is 0. The first-order chi connectivity index (χ1) is 8.56. The summed E-state index contributed by atoms with van der Waals surface area (Å²) in [6, 6.07) is 11.8. The summed E-state index contributed by atoms with van der Waals surface area (Å²) in [5.41, 5.74) is 6.81. The summed E-state index contributed by atoms with van der Waals surface area (Å²) in [6.07, 6.45) is 0. The monoisotopic (exact) mass is 309 g/mol. The minimum Gasteiger partial charge on any atom is -0.456 e.